The highest BCUT2D eigenvalue weighted by Gasteiger charge is 2.23. The molecule has 0 bridgehead atoms. The van der Waals surface area contributed by atoms with Crippen molar-refractivity contribution in [2.75, 3.05) is 0 Å². The van der Waals surface area contributed by atoms with E-state index in [0.717, 1.165) is 56.4 Å². The zero-order chi connectivity index (χ0) is 37.0. The van der Waals surface area contributed by atoms with Crippen molar-refractivity contribution in [3.8, 4) is 45.0 Å². The fraction of sp³-hybridized carbons (Fsp3) is 0.0392. The van der Waals surface area contributed by atoms with Crippen LogP contribution in [0.25, 0.3) is 92.7 Å². The predicted octanol–water partition coefficient (Wildman–Crippen LogP) is 13.9. The summed E-state index contributed by atoms with van der Waals surface area (Å²) in [4.78, 5) is 15.5. The maximum atomic E-state index is 6.67. The molecule has 0 N–H and O–H groups in total. The topological polar surface area (TPSA) is 51.8 Å². The zero-order valence-corrected chi connectivity index (χ0v) is 31.1. The third kappa shape index (κ3) is 5.55. The van der Waals surface area contributed by atoms with E-state index in [0.29, 0.717) is 11.6 Å². The monoisotopic (exact) mass is 735 g/mol. The van der Waals surface area contributed by atoms with Gasteiger partial charge in [0.25, 0.3) is 0 Å². The normalized spacial score (nSPS) is 14.2. The second kappa shape index (κ2) is 13.4. The number of furan rings is 1. The number of rotatable bonds is 6. The highest BCUT2D eigenvalue weighted by atomic mass is 32.1. The highest BCUT2D eigenvalue weighted by molar-refractivity contribution is 7.26. The highest BCUT2D eigenvalue weighted by Crippen LogP contribution is 2.48. The molecule has 264 valence electrons. The molecule has 0 spiro atoms. The Morgan fingerprint density at radius 3 is 1.89 bits per heavy atom. The summed E-state index contributed by atoms with van der Waals surface area (Å²) in [7, 11) is 0. The minimum absolute atomic E-state index is 0.00443. The third-order valence-corrected chi connectivity index (χ3v) is 12.1. The van der Waals surface area contributed by atoms with Crippen LogP contribution in [-0.4, -0.2) is 15.0 Å². The van der Waals surface area contributed by atoms with Crippen LogP contribution >= 0.6 is 11.3 Å². The van der Waals surface area contributed by atoms with Crippen molar-refractivity contribution in [3.63, 3.8) is 0 Å². The number of fused-ring (bicyclic) bond motifs is 6. The van der Waals surface area contributed by atoms with Crippen molar-refractivity contribution >= 4 is 59.0 Å². The zero-order valence-electron chi connectivity index (χ0n) is 30.3. The van der Waals surface area contributed by atoms with E-state index in [1.165, 1.54) is 42.4 Å². The number of aromatic nitrogens is 3. The maximum absolute atomic E-state index is 6.67. The minimum Gasteiger partial charge on any atom is -0.456 e. The fourth-order valence-electron chi connectivity index (χ4n) is 8.15. The number of nitrogens with zero attached hydrogens (tertiary/aromatic N) is 3. The standard InChI is InChI=1S/C51H33N3OS/c1-4-14-32(15-5-1)33-24-26-36(27-25-33)50-52-49(35-18-8-3-9-19-35)53-51(54-50)37-30-42(46-40-20-10-12-22-43(40)55-44(46)31-37)39-29-28-38(34-16-6-2-7-17-34)47-41-21-11-13-23-45(41)56-48(39)47/h1-26,28-31,36H,27H2. The van der Waals surface area contributed by atoms with E-state index in [1.807, 2.05) is 41.7 Å². The summed E-state index contributed by atoms with van der Waals surface area (Å²) in [5, 5.41) is 4.70. The molecule has 4 nitrogen and oxygen atoms in total. The van der Waals surface area contributed by atoms with Gasteiger partial charge in [-0.3, -0.25) is 0 Å². The summed E-state index contributed by atoms with van der Waals surface area (Å²) in [6.45, 7) is 0. The second-order valence-electron chi connectivity index (χ2n) is 14.3. The van der Waals surface area contributed by atoms with Gasteiger partial charge in [-0.1, -0.05) is 158 Å². The van der Waals surface area contributed by atoms with Gasteiger partial charge in [-0.25, -0.2) is 15.0 Å². The molecule has 5 heteroatoms. The molecule has 3 heterocycles. The van der Waals surface area contributed by atoms with E-state index in [1.54, 1.807) is 0 Å². The van der Waals surface area contributed by atoms with Gasteiger partial charge in [0.05, 0.1) is 0 Å². The maximum Gasteiger partial charge on any atom is 0.163 e. The van der Waals surface area contributed by atoms with Crippen molar-refractivity contribution in [2.24, 2.45) is 0 Å². The van der Waals surface area contributed by atoms with E-state index < -0.39 is 0 Å². The molecule has 11 rings (SSSR count). The van der Waals surface area contributed by atoms with Crippen LogP contribution in [0.4, 0.5) is 0 Å². The van der Waals surface area contributed by atoms with Crippen LogP contribution < -0.4 is 0 Å². The molecule has 1 atom stereocenters. The van der Waals surface area contributed by atoms with Gasteiger partial charge in [-0.15, -0.1) is 11.3 Å². The lowest BCUT2D eigenvalue weighted by Crippen LogP contribution is -2.08. The van der Waals surface area contributed by atoms with E-state index in [9.17, 15) is 0 Å². The molecule has 3 aromatic heterocycles. The molecule has 0 saturated heterocycles. The number of para-hydroxylation sites is 1. The molecule has 56 heavy (non-hydrogen) atoms. The van der Waals surface area contributed by atoms with Crippen LogP contribution in [0, 0.1) is 0 Å². The van der Waals surface area contributed by atoms with Gasteiger partial charge in [0.1, 0.15) is 17.0 Å². The molecule has 0 fully saturated rings. The number of benzene rings is 7. The summed E-state index contributed by atoms with van der Waals surface area (Å²) in [6, 6.07) is 57.4. The average molecular weight is 736 g/mol. The Labute approximate surface area is 327 Å². The smallest absolute Gasteiger partial charge is 0.163 e. The Hall–Kier alpha value is -6.95. The molecular weight excluding hydrogens is 703 g/mol. The van der Waals surface area contributed by atoms with Crippen molar-refractivity contribution in [3.05, 3.63) is 193 Å². The molecule has 10 aromatic rings. The van der Waals surface area contributed by atoms with E-state index in [4.69, 9.17) is 19.4 Å². The number of thiophene rings is 1. The van der Waals surface area contributed by atoms with Gasteiger partial charge in [0.15, 0.2) is 11.6 Å². The molecule has 0 aliphatic heterocycles. The SMILES string of the molecule is C1=CC(c2nc(-c3ccccc3)nc(-c3cc(-c4ccc(-c5ccccc5)c5c4sc4ccccc45)c4c(c3)oc3ccccc34)n2)CC=C1c1ccccc1. The van der Waals surface area contributed by atoms with Gasteiger partial charge >= 0.3 is 0 Å². The summed E-state index contributed by atoms with van der Waals surface area (Å²) < 4.78 is 9.17. The fourth-order valence-corrected chi connectivity index (χ4v) is 9.41. The predicted molar refractivity (Wildman–Crippen MR) is 233 cm³/mol. The van der Waals surface area contributed by atoms with Crippen LogP contribution in [0.15, 0.2) is 186 Å². The Morgan fingerprint density at radius 1 is 0.500 bits per heavy atom. The Balaban J connectivity index is 1.14. The molecular formula is C51H33N3OS. The van der Waals surface area contributed by atoms with Crippen LogP contribution in [0.2, 0.25) is 0 Å². The first kappa shape index (κ1) is 32.5. The molecule has 0 amide bonds. The van der Waals surface area contributed by atoms with Crippen LogP contribution in [0.1, 0.15) is 23.7 Å². The summed E-state index contributed by atoms with van der Waals surface area (Å²) in [6.07, 6.45) is 7.52. The van der Waals surface area contributed by atoms with Gasteiger partial charge in [0.2, 0.25) is 0 Å². The summed E-state index contributed by atoms with van der Waals surface area (Å²) in [5.41, 5.74) is 10.6. The van der Waals surface area contributed by atoms with Crippen LogP contribution in [0.5, 0.6) is 0 Å². The molecule has 0 saturated carbocycles. The minimum atomic E-state index is 0.00443. The number of hydrogen-bond donors (Lipinski definition) is 0. The molecule has 1 aliphatic carbocycles. The van der Waals surface area contributed by atoms with Crippen molar-refractivity contribution in [1.29, 1.82) is 0 Å². The molecule has 1 unspecified atom stereocenters. The Kier molecular flexibility index (Phi) is 7.78. The lowest BCUT2D eigenvalue weighted by Gasteiger charge is -2.17. The van der Waals surface area contributed by atoms with Gasteiger partial charge in [-0.2, -0.15) is 0 Å². The van der Waals surface area contributed by atoms with Gasteiger partial charge < -0.3 is 4.42 Å². The quantitative estimate of drug-likeness (QED) is 0.171. The lowest BCUT2D eigenvalue weighted by molar-refractivity contribution is 0.669. The van der Waals surface area contributed by atoms with Crippen molar-refractivity contribution in [2.45, 2.75) is 12.3 Å². The average Bonchev–Trinajstić information content (AvgIpc) is 3.86. The summed E-state index contributed by atoms with van der Waals surface area (Å²) in [5.74, 6) is 2.03. The first-order chi connectivity index (χ1) is 27.7. The van der Waals surface area contributed by atoms with Crippen molar-refractivity contribution in [1.82, 2.24) is 15.0 Å². The molecule has 7 aromatic carbocycles. The first-order valence-corrected chi connectivity index (χ1v) is 19.8. The Morgan fingerprint density at radius 2 is 1.14 bits per heavy atom. The van der Waals surface area contributed by atoms with Crippen LogP contribution in [-0.2, 0) is 0 Å². The summed E-state index contributed by atoms with van der Waals surface area (Å²) >= 11 is 1.84. The Bertz CT molecular complexity index is 3160. The second-order valence-corrected chi connectivity index (χ2v) is 15.3. The van der Waals surface area contributed by atoms with Gasteiger partial charge in [-0.05, 0) is 58.5 Å². The molecule has 0 radical (unpaired) electrons. The lowest BCUT2D eigenvalue weighted by atomic mass is 9.91. The van der Waals surface area contributed by atoms with E-state index in [2.05, 4.69) is 152 Å². The molecule has 1 aliphatic rings. The third-order valence-electron chi connectivity index (χ3n) is 10.9. The van der Waals surface area contributed by atoms with Gasteiger partial charge in [0, 0.05) is 53.6 Å². The van der Waals surface area contributed by atoms with Crippen LogP contribution in [0.3, 0.4) is 0 Å². The van der Waals surface area contributed by atoms with E-state index in [-0.39, 0.29) is 5.92 Å². The van der Waals surface area contributed by atoms with E-state index >= 15 is 0 Å². The number of allylic oxidation sites excluding steroid dienone is 4. The first-order valence-electron chi connectivity index (χ1n) is 19.0. The number of hydrogen-bond acceptors (Lipinski definition) is 5. The largest absolute Gasteiger partial charge is 0.456 e. The van der Waals surface area contributed by atoms with Crippen molar-refractivity contribution < 1.29 is 4.42 Å².